The number of hydrogen-bond acceptors (Lipinski definition) is 2. The van der Waals surface area contributed by atoms with Crippen LogP contribution in [0.3, 0.4) is 0 Å². The summed E-state index contributed by atoms with van der Waals surface area (Å²) in [4.78, 5) is 22.3. The van der Waals surface area contributed by atoms with Gasteiger partial charge in [-0.25, -0.2) is 0 Å². The van der Waals surface area contributed by atoms with Crippen molar-refractivity contribution in [2.24, 2.45) is 5.92 Å². The monoisotopic (exact) mass is 218 g/mol. The predicted octanol–water partition coefficient (Wildman–Crippen LogP) is 1.80. The number of carbonyl (C=O) groups is 1. The Kier molecular flexibility index (Phi) is 2.64. The van der Waals surface area contributed by atoms with Gasteiger partial charge in [0.25, 0.3) is 5.56 Å². The van der Waals surface area contributed by atoms with Gasteiger partial charge in [-0.3, -0.25) is 19.4 Å². The van der Waals surface area contributed by atoms with Crippen LogP contribution in [-0.2, 0) is 6.54 Å². The number of fused-ring (bicyclic) bond motifs is 1. The van der Waals surface area contributed by atoms with Crippen LogP contribution in [0.25, 0.3) is 10.9 Å². The zero-order valence-electron chi connectivity index (χ0n) is 9.36. The highest BCUT2D eigenvalue weighted by atomic mass is 16.1. The summed E-state index contributed by atoms with van der Waals surface area (Å²) in [6.45, 7) is 4.94. The summed E-state index contributed by atoms with van der Waals surface area (Å²) < 4.78 is 1.83. The van der Waals surface area contributed by atoms with E-state index >= 15 is 0 Å². The van der Waals surface area contributed by atoms with Crippen molar-refractivity contribution in [1.29, 1.82) is 0 Å². The molecule has 0 bridgehead atoms. The first kappa shape index (κ1) is 10.7. The fraction of sp³-hybridized carbons (Fsp3) is 0.333. The van der Waals surface area contributed by atoms with Crippen LogP contribution in [0.5, 0.6) is 0 Å². The van der Waals surface area contributed by atoms with Crippen molar-refractivity contribution in [3.05, 3.63) is 34.1 Å². The Morgan fingerprint density at radius 2 is 2.19 bits per heavy atom. The molecule has 0 saturated carbocycles. The van der Waals surface area contributed by atoms with Gasteiger partial charge in [-0.05, 0) is 24.1 Å². The predicted molar refractivity (Wildman–Crippen MR) is 62.8 cm³/mol. The molecule has 0 spiro atoms. The van der Waals surface area contributed by atoms with E-state index in [-0.39, 0.29) is 5.56 Å². The molecule has 0 unspecified atom stereocenters. The van der Waals surface area contributed by atoms with Crippen molar-refractivity contribution in [2.45, 2.75) is 20.4 Å². The minimum Gasteiger partial charge on any atom is -0.298 e. The van der Waals surface area contributed by atoms with Gasteiger partial charge in [-0.2, -0.15) is 0 Å². The zero-order chi connectivity index (χ0) is 11.7. The maximum atomic E-state index is 11.7. The molecule has 0 aliphatic rings. The second-order valence-corrected chi connectivity index (χ2v) is 4.34. The highest BCUT2D eigenvalue weighted by Crippen LogP contribution is 2.12. The molecule has 0 radical (unpaired) electrons. The fourth-order valence-corrected chi connectivity index (χ4v) is 1.80. The topological polar surface area (TPSA) is 54.9 Å². The summed E-state index contributed by atoms with van der Waals surface area (Å²) in [7, 11) is 0. The number of aromatic nitrogens is 2. The Morgan fingerprint density at radius 3 is 2.81 bits per heavy atom. The highest BCUT2D eigenvalue weighted by molar-refractivity contribution is 5.86. The van der Waals surface area contributed by atoms with Gasteiger partial charge >= 0.3 is 0 Å². The van der Waals surface area contributed by atoms with E-state index in [1.54, 1.807) is 18.2 Å². The molecule has 1 aromatic carbocycles. The van der Waals surface area contributed by atoms with Crippen molar-refractivity contribution < 1.29 is 4.79 Å². The minimum absolute atomic E-state index is 0.139. The molecule has 0 aliphatic heterocycles. The van der Waals surface area contributed by atoms with Gasteiger partial charge in [0.05, 0.1) is 10.9 Å². The molecule has 0 saturated heterocycles. The summed E-state index contributed by atoms with van der Waals surface area (Å²) in [5.74, 6) is 0.456. The van der Waals surface area contributed by atoms with E-state index in [4.69, 9.17) is 0 Å². The largest absolute Gasteiger partial charge is 0.298 e. The normalized spacial score (nSPS) is 11.2. The van der Waals surface area contributed by atoms with Gasteiger partial charge in [-0.1, -0.05) is 13.8 Å². The van der Waals surface area contributed by atoms with Crippen LogP contribution < -0.4 is 5.56 Å². The van der Waals surface area contributed by atoms with Gasteiger partial charge in [0.1, 0.15) is 6.29 Å². The summed E-state index contributed by atoms with van der Waals surface area (Å²) in [5.41, 5.74) is 1.24. The van der Waals surface area contributed by atoms with Crippen LogP contribution in [0.15, 0.2) is 23.0 Å². The molecule has 0 fully saturated rings. The number of hydrogen-bond donors (Lipinski definition) is 1. The maximum Gasteiger partial charge on any atom is 0.271 e. The lowest BCUT2D eigenvalue weighted by Gasteiger charge is -2.06. The molecule has 2 aromatic rings. The standard InChI is InChI=1S/C12H14N2O2/c1-8(2)6-14-11-4-3-9(7-15)5-10(11)12(16)13-14/h3-5,7-8H,6H2,1-2H3,(H,13,16). The number of nitrogens with zero attached hydrogens (tertiary/aromatic N) is 1. The van der Waals surface area contributed by atoms with E-state index in [1.807, 2.05) is 4.68 Å². The van der Waals surface area contributed by atoms with Crippen molar-refractivity contribution in [2.75, 3.05) is 0 Å². The molecule has 0 atom stereocenters. The van der Waals surface area contributed by atoms with Crippen molar-refractivity contribution >= 4 is 17.2 Å². The number of aromatic amines is 1. The Labute approximate surface area is 92.9 Å². The molecule has 2 rings (SSSR count). The Bertz CT molecular complexity index is 578. The summed E-state index contributed by atoms with van der Waals surface area (Å²) in [6.07, 6.45) is 0.749. The van der Waals surface area contributed by atoms with Crippen LogP contribution >= 0.6 is 0 Å². The third kappa shape index (κ3) is 1.78. The van der Waals surface area contributed by atoms with Crippen LogP contribution in [0.4, 0.5) is 0 Å². The van der Waals surface area contributed by atoms with Crippen LogP contribution in [0, 0.1) is 5.92 Å². The molecular formula is C12H14N2O2. The van der Waals surface area contributed by atoms with E-state index in [9.17, 15) is 9.59 Å². The van der Waals surface area contributed by atoms with E-state index in [0.717, 1.165) is 18.3 Å². The molecule has 0 aliphatic carbocycles. The van der Waals surface area contributed by atoms with Crippen molar-refractivity contribution in [3.8, 4) is 0 Å². The summed E-state index contributed by atoms with van der Waals surface area (Å²) >= 11 is 0. The first-order chi connectivity index (χ1) is 7.61. The molecule has 0 amide bonds. The van der Waals surface area contributed by atoms with Crippen LogP contribution in [0.2, 0.25) is 0 Å². The summed E-state index contributed by atoms with van der Waals surface area (Å²) in [6, 6.07) is 5.15. The number of benzene rings is 1. The molecule has 4 nitrogen and oxygen atoms in total. The molecule has 4 heteroatoms. The van der Waals surface area contributed by atoms with E-state index in [0.29, 0.717) is 16.9 Å². The van der Waals surface area contributed by atoms with E-state index in [2.05, 4.69) is 18.9 Å². The Morgan fingerprint density at radius 1 is 1.44 bits per heavy atom. The molecule has 1 N–H and O–H groups in total. The summed E-state index contributed by atoms with van der Waals surface area (Å²) in [5, 5.41) is 3.35. The lowest BCUT2D eigenvalue weighted by molar-refractivity contribution is 0.112. The zero-order valence-corrected chi connectivity index (χ0v) is 9.36. The smallest absolute Gasteiger partial charge is 0.271 e. The Balaban J connectivity index is 2.62. The Hall–Kier alpha value is -1.84. The van der Waals surface area contributed by atoms with Crippen LogP contribution in [0.1, 0.15) is 24.2 Å². The minimum atomic E-state index is -0.139. The van der Waals surface area contributed by atoms with Crippen molar-refractivity contribution in [3.63, 3.8) is 0 Å². The number of H-pyrrole nitrogens is 1. The lowest BCUT2D eigenvalue weighted by Crippen LogP contribution is -2.09. The van der Waals surface area contributed by atoms with E-state index in [1.165, 1.54) is 0 Å². The maximum absolute atomic E-state index is 11.7. The van der Waals surface area contributed by atoms with Crippen LogP contribution in [-0.4, -0.2) is 16.1 Å². The quantitative estimate of drug-likeness (QED) is 0.798. The third-order valence-electron chi connectivity index (χ3n) is 2.48. The number of aldehydes is 1. The molecule has 1 heterocycles. The number of nitrogens with one attached hydrogen (secondary N) is 1. The SMILES string of the molecule is CC(C)Cn1[nH]c(=O)c2cc(C=O)ccc21. The lowest BCUT2D eigenvalue weighted by atomic mass is 10.1. The first-order valence-corrected chi connectivity index (χ1v) is 5.29. The van der Waals surface area contributed by atoms with Gasteiger partial charge in [-0.15, -0.1) is 0 Å². The third-order valence-corrected chi connectivity index (χ3v) is 2.48. The second kappa shape index (κ2) is 3.96. The molecule has 16 heavy (non-hydrogen) atoms. The van der Waals surface area contributed by atoms with Gasteiger partial charge in [0.2, 0.25) is 0 Å². The molecule has 84 valence electrons. The first-order valence-electron chi connectivity index (χ1n) is 5.29. The average molecular weight is 218 g/mol. The average Bonchev–Trinajstić information content (AvgIpc) is 2.54. The van der Waals surface area contributed by atoms with Gasteiger partial charge in [0, 0.05) is 12.1 Å². The number of rotatable bonds is 3. The van der Waals surface area contributed by atoms with Gasteiger partial charge < -0.3 is 0 Å². The van der Waals surface area contributed by atoms with E-state index < -0.39 is 0 Å². The van der Waals surface area contributed by atoms with Gasteiger partial charge in [0.15, 0.2) is 0 Å². The molecule has 1 aromatic heterocycles. The van der Waals surface area contributed by atoms with Crippen molar-refractivity contribution in [1.82, 2.24) is 9.78 Å². The number of carbonyl (C=O) groups excluding carboxylic acids is 1. The molecular weight excluding hydrogens is 204 g/mol. The fourth-order valence-electron chi connectivity index (χ4n) is 1.80. The second-order valence-electron chi connectivity index (χ2n) is 4.34. The highest BCUT2D eigenvalue weighted by Gasteiger charge is 2.07.